The van der Waals surface area contributed by atoms with Crippen molar-refractivity contribution in [3.63, 3.8) is 0 Å². The molecule has 2 nitrogen and oxygen atoms in total. The molecule has 0 aliphatic rings. The van der Waals surface area contributed by atoms with Crippen molar-refractivity contribution in [2.45, 2.75) is 11.4 Å². The lowest BCUT2D eigenvalue weighted by Crippen LogP contribution is -2.02. The van der Waals surface area contributed by atoms with Gasteiger partial charge in [-0.2, -0.15) is 0 Å². The maximum absolute atomic E-state index is 5.27. The first kappa shape index (κ1) is 16.0. The molecule has 0 aromatic heterocycles. The van der Waals surface area contributed by atoms with Gasteiger partial charge in [0.25, 0.3) is 0 Å². The van der Waals surface area contributed by atoms with E-state index in [1.807, 2.05) is 30.3 Å². The summed E-state index contributed by atoms with van der Waals surface area (Å²) in [6.07, 6.45) is 1.92. The number of anilines is 1. The molecule has 4 heteroatoms. The van der Waals surface area contributed by atoms with Gasteiger partial charge in [0.2, 0.25) is 0 Å². The molecule has 0 fully saturated rings. The van der Waals surface area contributed by atoms with E-state index in [2.05, 4.69) is 46.0 Å². The number of ether oxygens (including phenoxy) is 1. The minimum absolute atomic E-state index is 0.740. The van der Waals surface area contributed by atoms with Gasteiger partial charge in [0.1, 0.15) is 5.75 Å². The number of halogens is 1. The van der Waals surface area contributed by atoms with Crippen LogP contribution in [0.2, 0.25) is 0 Å². The molecule has 0 atom stereocenters. The van der Waals surface area contributed by atoms with Crippen LogP contribution in [0, 0.1) is 0 Å². The Hall–Kier alpha value is -1.39. The van der Waals surface area contributed by atoms with Crippen molar-refractivity contribution in [2.75, 3.05) is 18.2 Å². The molecule has 110 valence electrons. The molecular weight excluding hydrogens is 346 g/mol. The second-order valence-corrected chi connectivity index (χ2v) is 6.32. The fourth-order valence-electron chi connectivity index (χ4n) is 1.89. The Kier molecular flexibility index (Phi) is 6.21. The second kappa shape index (κ2) is 8.15. The van der Waals surface area contributed by atoms with E-state index in [9.17, 15) is 0 Å². The van der Waals surface area contributed by atoms with Gasteiger partial charge in [0, 0.05) is 27.4 Å². The number of methoxy groups -OCH3 is 1. The van der Waals surface area contributed by atoms with E-state index < -0.39 is 0 Å². The van der Waals surface area contributed by atoms with Gasteiger partial charge in [-0.15, -0.1) is 18.3 Å². The largest absolute Gasteiger partial charge is 0.497 e. The number of hydrogen-bond donors (Lipinski definition) is 1. The molecule has 0 aliphatic heterocycles. The summed E-state index contributed by atoms with van der Waals surface area (Å²) in [5, 5.41) is 3.49. The zero-order chi connectivity index (χ0) is 15.1. The van der Waals surface area contributed by atoms with Gasteiger partial charge in [0.15, 0.2) is 0 Å². The molecule has 0 radical (unpaired) electrons. The SMILES string of the molecule is C=CCSc1ccccc1NCc1cc(OC)ccc1Br. The van der Waals surface area contributed by atoms with Crippen LogP contribution in [-0.2, 0) is 6.54 Å². The van der Waals surface area contributed by atoms with Crippen LogP contribution in [0.1, 0.15) is 5.56 Å². The quantitative estimate of drug-likeness (QED) is 0.529. The highest BCUT2D eigenvalue weighted by molar-refractivity contribution is 9.10. The molecule has 2 rings (SSSR count). The summed E-state index contributed by atoms with van der Waals surface area (Å²) < 4.78 is 6.35. The molecule has 21 heavy (non-hydrogen) atoms. The lowest BCUT2D eigenvalue weighted by molar-refractivity contribution is 0.414. The first-order chi connectivity index (χ1) is 10.2. The van der Waals surface area contributed by atoms with Crippen LogP contribution >= 0.6 is 27.7 Å². The Balaban J connectivity index is 2.11. The van der Waals surface area contributed by atoms with Crippen LogP contribution in [0.3, 0.4) is 0 Å². The van der Waals surface area contributed by atoms with E-state index >= 15 is 0 Å². The normalized spacial score (nSPS) is 10.2. The van der Waals surface area contributed by atoms with Crippen molar-refractivity contribution in [3.05, 3.63) is 65.2 Å². The third-order valence-corrected chi connectivity index (χ3v) is 4.81. The summed E-state index contributed by atoms with van der Waals surface area (Å²) >= 11 is 5.36. The molecule has 0 unspecified atom stereocenters. The minimum atomic E-state index is 0.740. The molecule has 0 saturated carbocycles. The van der Waals surface area contributed by atoms with Gasteiger partial charge in [0.05, 0.1) is 7.11 Å². The summed E-state index contributed by atoms with van der Waals surface area (Å²) in [7, 11) is 1.68. The molecule has 0 saturated heterocycles. The van der Waals surface area contributed by atoms with Gasteiger partial charge < -0.3 is 10.1 Å². The number of benzene rings is 2. The fraction of sp³-hybridized carbons (Fsp3) is 0.176. The van der Waals surface area contributed by atoms with Crippen LogP contribution in [0.15, 0.2) is 64.5 Å². The zero-order valence-corrected chi connectivity index (χ0v) is 14.3. The Labute approximate surface area is 138 Å². The van der Waals surface area contributed by atoms with Crippen LogP contribution in [0.4, 0.5) is 5.69 Å². The first-order valence-electron chi connectivity index (χ1n) is 6.63. The molecular formula is C17H18BrNOS. The van der Waals surface area contributed by atoms with Crippen LogP contribution < -0.4 is 10.1 Å². The smallest absolute Gasteiger partial charge is 0.119 e. The average molecular weight is 364 g/mol. The van der Waals surface area contributed by atoms with Crippen molar-refractivity contribution < 1.29 is 4.74 Å². The van der Waals surface area contributed by atoms with Gasteiger partial charge in [-0.05, 0) is 35.9 Å². The first-order valence-corrected chi connectivity index (χ1v) is 8.41. The molecule has 0 aliphatic carbocycles. The summed E-state index contributed by atoms with van der Waals surface area (Å²) in [6.45, 7) is 4.51. The fourth-order valence-corrected chi connectivity index (χ4v) is 3.05. The Bertz CT molecular complexity index is 615. The number of hydrogen-bond acceptors (Lipinski definition) is 3. The molecule has 0 heterocycles. The predicted octanol–water partition coefficient (Wildman–Crippen LogP) is 5.35. The number of para-hydroxylation sites is 1. The van der Waals surface area contributed by atoms with Crippen molar-refractivity contribution in [2.24, 2.45) is 0 Å². The van der Waals surface area contributed by atoms with Gasteiger partial charge >= 0.3 is 0 Å². The molecule has 1 N–H and O–H groups in total. The van der Waals surface area contributed by atoms with Gasteiger partial charge in [-0.1, -0.05) is 34.1 Å². The second-order valence-electron chi connectivity index (χ2n) is 4.41. The van der Waals surface area contributed by atoms with E-state index in [4.69, 9.17) is 4.74 Å². The van der Waals surface area contributed by atoms with Gasteiger partial charge in [-0.25, -0.2) is 0 Å². The van der Waals surface area contributed by atoms with E-state index in [-0.39, 0.29) is 0 Å². The number of nitrogens with one attached hydrogen (secondary N) is 1. The summed E-state index contributed by atoms with van der Waals surface area (Å²) in [5.74, 6) is 1.77. The highest BCUT2D eigenvalue weighted by Crippen LogP contribution is 2.29. The van der Waals surface area contributed by atoms with Crippen LogP contribution in [0.5, 0.6) is 5.75 Å². The molecule has 2 aromatic carbocycles. The van der Waals surface area contributed by atoms with Crippen molar-refractivity contribution in [1.82, 2.24) is 0 Å². The Morgan fingerprint density at radius 3 is 2.86 bits per heavy atom. The minimum Gasteiger partial charge on any atom is -0.497 e. The van der Waals surface area contributed by atoms with E-state index in [1.54, 1.807) is 18.9 Å². The maximum atomic E-state index is 5.27. The third kappa shape index (κ3) is 4.55. The molecule has 0 bridgehead atoms. The Morgan fingerprint density at radius 1 is 1.29 bits per heavy atom. The van der Waals surface area contributed by atoms with Crippen LogP contribution in [-0.4, -0.2) is 12.9 Å². The molecule has 0 spiro atoms. The summed E-state index contributed by atoms with van der Waals surface area (Å²) in [5.41, 5.74) is 2.30. The Morgan fingerprint density at radius 2 is 2.10 bits per heavy atom. The van der Waals surface area contributed by atoms with Crippen molar-refractivity contribution in [1.29, 1.82) is 0 Å². The van der Waals surface area contributed by atoms with Crippen molar-refractivity contribution >= 4 is 33.4 Å². The van der Waals surface area contributed by atoms with Crippen molar-refractivity contribution in [3.8, 4) is 5.75 Å². The van der Waals surface area contributed by atoms with E-state index in [1.165, 1.54) is 4.90 Å². The van der Waals surface area contributed by atoms with Crippen LogP contribution in [0.25, 0.3) is 0 Å². The monoisotopic (exact) mass is 363 g/mol. The lowest BCUT2D eigenvalue weighted by atomic mass is 10.2. The summed E-state index contributed by atoms with van der Waals surface area (Å²) in [6, 6.07) is 14.3. The lowest BCUT2D eigenvalue weighted by Gasteiger charge is -2.13. The average Bonchev–Trinajstić information content (AvgIpc) is 2.53. The van der Waals surface area contributed by atoms with E-state index in [0.717, 1.165) is 33.8 Å². The van der Waals surface area contributed by atoms with Gasteiger partial charge in [-0.3, -0.25) is 0 Å². The number of rotatable bonds is 7. The predicted molar refractivity (Wildman–Crippen MR) is 95.4 cm³/mol. The maximum Gasteiger partial charge on any atom is 0.119 e. The highest BCUT2D eigenvalue weighted by Gasteiger charge is 2.05. The topological polar surface area (TPSA) is 21.3 Å². The zero-order valence-electron chi connectivity index (χ0n) is 11.9. The summed E-state index contributed by atoms with van der Waals surface area (Å²) in [4.78, 5) is 1.23. The molecule has 0 amide bonds. The third-order valence-electron chi connectivity index (χ3n) is 2.97. The standard InChI is InChI=1S/C17H18BrNOS/c1-3-10-21-17-7-5-4-6-16(17)19-12-13-11-14(20-2)8-9-15(13)18/h3-9,11,19H,1,10,12H2,2H3. The number of thioether (sulfide) groups is 1. The molecule has 2 aromatic rings. The van der Waals surface area contributed by atoms with E-state index in [0.29, 0.717) is 0 Å². The highest BCUT2D eigenvalue weighted by atomic mass is 79.9.